The van der Waals surface area contributed by atoms with Crippen LogP contribution >= 0.6 is 0 Å². The van der Waals surface area contributed by atoms with Gasteiger partial charge in [-0.15, -0.1) is 0 Å². The van der Waals surface area contributed by atoms with Crippen LogP contribution in [0.1, 0.15) is 42.9 Å². The summed E-state index contributed by atoms with van der Waals surface area (Å²) in [6.07, 6.45) is 3.03. The molecule has 0 bridgehead atoms. The lowest BCUT2D eigenvalue weighted by Gasteiger charge is -2.31. The summed E-state index contributed by atoms with van der Waals surface area (Å²) in [5.74, 6) is 1.62. The van der Waals surface area contributed by atoms with Crippen molar-refractivity contribution in [2.75, 3.05) is 33.3 Å². The third kappa shape index (κ3) is 7.71. The van der Waals surface area contributed by atoms with Gasteiger partial charge in [0.1, 0.15) is 12.7 Å². The lowest BCUT2D eigenvalue weighted by Crippen LogP contribution is -2.44. The van der Waals surface area contributed by atoms with Crippen molar-refractivity contribution in [3.05, 3.63) is 108 Å². The van der Waals surface area contributed by atoms with Crippen molar-refractivity contribution in [3.63, 3.8) is 0 Å². The van der Waals surface area contributed by atoms with Crippen LogP contribution < -0.4 is 20.1 Å². The van der Waals surface area contributed by atoms with Gasteiger partial charge in [-0.25, -0.2) is 4.79 Å². The van der Waals surface area contributed by atoms with E-state index in [0.29, 0.717) is 24.5 Å². The van der Waals surface area contributed by atoms with Crippen molar-refractivity contribution in [2.45, 2.75) is 64.4 Å². The highest BCUT2D eigenvalue weighted by Crippen LogP contribution is 2.32. The summed E-state index contributed by atoms with van der Waals surface area (Å²) in [5.41, 5.74) is 6.01. The number of nitrogens with one attached hydrogen (secondary N) is 2. The van der Waals surface area contributed by atoms with Crippen LogP contribution in [0.3, 0.4) is 0 Å². The second kappa shape index (κ2) is 15.3. The number of amides is 1. The van der Waals surface area contributed by atoms with E-state index < -0.39 is 0 Å². The Labute approximate surface area is 289 Å². The van der Waals surface area contributed by atoms with Crippen molar-refractivity contribution in [1.82, 2.24) is 20.1 Å². The number of aromatic nitrogens is 1. The standard InChI is InChI=1S/C41H48N4O4/c1-3-45-36-14-8-7-13-34(36)35-22-31(15-17-37(35)45)26-44-21-19-33(27-44)43-41(46)49-39(32-12-9-20-42-25-32)23-30-16-18-38(47-2)40(24-30)48-28-29-10-5-4-6-11-29/h4-8,10-11,13-18,22,24,32-33,39,42H,3,9,12,19-21,23,25-28H2,1-2H3,(H,43,46). The number of piperidine rings is 1. The first-order chi connectivity index (χ1) is 24.1. The Morgan fingerprint density at radius 1 is 0.898 bits per heavy atom. The number of benzene rings is 4. The summed E-state index contributed by atoms with van der Waals surface area (Å²) in [7, 11) is 1.66. The summed E-state index contributed by atoms with van der Waals surface area (Å²) >= 11 is 0. The van der Waals surface area contributed by atoms with Crippen LogP contribution in [0.4, 0.5) is 4.79 Å². The number of rotatable bonds is 12. The van der Waals surface area contributed by atoms with E-state index in [1.54, 1.807) is 7.11 Å². The summed E-state index contributed by atoms with van der Waals surface area (Å²) in [6, 6.07) is 31.7. The number of likely N-dealkylation sites (tertiary alicyclic amines) is 1. The van der Waals surface area contributed by atoms with Gasteiger partial charge < -0.3 is 29.4 Å². The summed E-state index contributed by atoms with van der Waals surface area (Å²) in [6.45, 7) is 8.04. The third-order valence-corrected chi connectivity index (χ3v) is 10.2. The minimum absolute atomic E-state index is 0.0577. The van der Waals surface area contributed by atoms with Crippen molar-refractivity contribution in [2.24, 2.45) is 5.92 Å². The van der Waals surface area contributed by atoms with E-state index in [2.05, 4.69) is 69.5 Å². The van der Waals surface area contributed by atoms with Gasteiger partial charge in [-0.3, -0.25) is 4.90 Å². The Morgan fingerprint density at radius 3 is 2.53 bits per heavy atom. The van der Waals surface area contributed by atoms with Crippen LogP contribution in [-0.2, 0) is 30.9 Å². The molecule has 8 nitrogen and oxygen atoms in total. The van der Waals surface area contributed by atoms with E-state index in [1.807, 2.05) is 48.5 Å². The van der Waals surface area contributed by atoms with Crippen molar-refractivity contribution in [1.29, 1.82) is 0 Å². The summed E-state index contributed by atoms with van der Waals surface area (Å²) < 4.78 is 20.4. The molecular weight excluding hydrogens is 612 g/mol. The fraction of sp³-hybridized carbons (Fsp3) is 0.390. The maximum absolute atomic E-state index is 13.4. The fourth-order valence-corrected chi connectivity index (χ4v) is 7.66. The van der Waals surface area contributed by atoms with Crippen LogP contribution in [0.5, 0.6) is 11.5 Å². The number of ether oxygens (including phenoxy) is 3. The highest BCUT2D eigenvalue weighted by molar-refractivity contribution is 6.08. The molecule has 49 heavy (non-hydrogen) atoms. The van der Waals surface area contributed by atoms with Crippen LogP contribution in [-0.4, -0.2) is 61.0 Å². The number of hydrogen-bond acceptors (Lipinski definition) is 6. The largest absolute Gasteiger partial charge is 0.493 e. The average molecular weight is 661 g/mol. The molecule has 2 aliphatic heterocycles. The van der Waals surface area contributed by atoms with Crippen LogP contribution in [0.15, 0.2) is 91.0 Å². The first kappa shape index (κ1) is 33.0. The Morgan fingerprint density at radius 2 is 1.71 bits per heavy atom. The monoisotopic (exact) mass is 660 g/mol. The SMILES string of the molecule is CCn1c2ccccc2c2cc(CN3CCC(NC(=O)OC(Cc4ccc(OC)c(OCc5ccccc5)c4)C4CCCNC4)C3)ccc21. The van der Waals surface area contributed by atoms with E-state index in [1.165, 1.54) is 27.4 Å². The van der Waals surface area contributed by atoms with E-state index >= 15 is 0 Å². The van der Waals surface area contributed by atoms with Crippen LogP contribution in [0, 0.1) is 5.92 Å². The second-order valence-electron chi connectivity index (χ2n) is 13.5. The summed E-state index contributed by atoms with van der Waals surface area (Å²) in [5, 5.41) is 9.33. The van der Waals surface area contributed by atoms with E-state index in [0.717, 1.165) is 69.7 Å². The number of fused-ring (bicyclic) bond motifs is 3. The van der Waals surface area contributed by atoms with Crippen molar-refractivity contribution >= 4 is 27.9 Å². The van der Waals surface area contributed by atoms with Gasteiger partial charge in [0.2, 0.25) is 0 Å². The van der Waals surface area contributed by atoms with E-state index in [-0.39, 0.29) is 24.2 Å². The Hall–Kier alpha value is -4.53. The van der Waals surface area contributed by atoms with Crippen molar-refractivity contribution in [3.8, 4) is 11.5 Å². The number of nitrogens with zero attached hydrogens (tertiary/aromatic N) is 2. The zero-order valence-corrected chi connectivity index (χ0v) is 28.7. The topological polar surface area (TPSA) is 77.0 Å². The molecule has 1 aromatic heterocycles. The highest BCUT2D eigenvalue weighted by atomic mass is 16.6. The number of alkyl carbamates (subject to hydrolysis) is 1. The van der Waals surface area contributed by atoms with Gasteiger partial charge in [-0.1, -0.05) is 60.7 Å². The lowest BCUT2D eigenvalue weighted by atomic mass is 9.89. The Balaban J connectivity index is 0.981. The number of carbonyl (C=O) groups excluding carboxylic acids is 1. The third-order valence-electron chi connectivity index (χ3n) is 10.2. The first-order valence-corrected chi connectivity index (χ1v) is 17.8. The molecule has 8 heteroatoms. The normalized spacial score (nSPS) is 18.8. The van der Waals surface area contributed by atoms with Crippen LogP contribution in [0.25, 0.3) is 21.8 Å². The van der Waals surface area contributed by atoms with Gasteiger partial charge in [0.15, 0.2) is 11.5 Å². The number of methoxy groups -OCH3 is 1. The first-order valence-electron chi connectivity index (χ1n) is 17.8. The van der Waals surface area contributed by atoms with Crippen molar-refractivity contribution < 1.29 is 19.0 Å². The molecule has 2 N–H and O–H groups in total. The zero-order chi connectivity index (χ0) is 33.6. The Kier molecular flexibility index (Phi) is 10.3. The molecule has 2 saturated heterocycles. The highest BCUT2D eigenvalue weighted by Gasteiger charge is 2.30. The molecule has 256 valence electrons. The second-order valence-corrected chi connectivity index (χ2v) is 13.5. The minimum atomic E-state index is -0.328. The smallest absolute Gasteiger partial charge is 0.407 e. The van der Waals surface area contributed by atoms with Gasteiger partial charge in [-0.2, -0.15) is 0 Å². The van der Waals surface area contributed by atoms with E-state index in [9.17, 15) is 4.79 Å². The predicted octanol–water partition coefficient (Wildman–Crippen LogP) is 7.31. The maximum Gasteiger partial charge on any atom is 0.407 e. The molecule has 0 radical (unpaired) electrons. The molecule has 1 amide bonds. The molecule has 7 rings (SSSR count). The van der Waals surface area contributed by atoms with Gasteiger partial charge in [0, 0.05) is 72.9 Å². The van der Waals surface area contributed by atoms with Crippen LogP contribution in [0.2, 0.25) is 0 Å². The molecule has 2 aliphatic rings. The summed E-state index contributed by atoms with van der Waals surface area (Å²) in [4.78, 5) is 15.8. The zero-order valence-electron chi connectivity index (χ0n) is 28.7. The predicted molar refractivity (Wildman–Crippen MR) is 195 cm³/mol. The Bertz CT molecular complexity index is 1870. The molecule has 0 saturated carbocycles. The number of aryl methyl sites for hydroxylation is 1. The van der Waals surface area contributed by atoms with Gasteiger partial charge in [0.05, 0.1) is 7.11 Å². The molecule has 5 aromatic rings. The van der Waals surface area contributed by atoms with Gasteiger partial charge >= 0.3 is 6.09 Å². The molecule has 0 spiro atoms. The molecular formula is C41H48N4O4. The van der Waals surface area contributed by atoms with Gasteiger partial charge in [-0.05, 0) is 79.8 Å². The molecule has 2 fully saturated rings. The molecule has 3 heterocycles. The van der Waals surface area contributed by atoms with Gasteiger partial charge in [0.25, 0.3) is 0 Å². The number of hydrogen-bond donors (Lipinski definition) is 2. The minimum Gasteiger partial charge on any atom is -0.493 e. The number of carbonyl (C=O) groups is 1. The molecule has 0 aliphatic carbocycles. The molecule has 3 unspecified atom stereocenters. The molecule has 4 aromatic carbocycles. The number of para-hydroxylation sites is 1. The lowest BCUT2D eigenvalue weighted by molar-refractivity contribution is 0.0509. The van der Waals surface area contributed by atoms with E-state index in [4.69, 9.17) is 14.2 Å². The fourth-order valence-electron chi connectivity index (χ4n) is 7.66. The molecule has 3 atom stereocenters. The quantitative estimate of drug-likeness (QED) is 0.146. The average Bonchev–Trinajstić information content (AvgIpc) is 3.72. The maximum atomic E-state index is 13.4.